The summed E-state index contributed by atoms with van der Waals surface area (Å²) in [5.74, 6) is 0.267. The highest BCUT2D eigenvalue weighted by atomic mass is 32.1. The van der Waals surface area contributed by atoms with Crippen molar-refractivity contribution in [3.8, 4) is 0 Å². The molecule has 22 heavy (non-hydrogen) atoms. The Bertz CT molecular complexity index is 678. The summed E-state index contributed by atoms with van der Waals surface area (Å²) in [6, 6.07) is 10.9. The van der Waals surface area contributed by atoms with Crippen molar-refractivity contribution in [2.45, 2.75) is 25.8 Å². The number of hydrogen-bond donors (Lipinski definition) is 2. The second-order valence-electron chi connectivity index (χ2n) is 5.58. The smallest absolute Gasteiger partial charge is 0.265 e. The lowest BCUT2D eigenvalue weighted by Gasteiger charge is -2.15. The van der Waals surface area contributed by atoms with Crippen molar-refractivity contribution >= 4 is 28.8 Å². The first-order chi connectivity index (χ1) is 10.6. The van der Waals surface area contributed by atoms with Crippen LogP contribution in [-0.2, 0) is 0 Å². The van der Waals surface area contributed by atoms with Gasteiger partial charge in [-0.3, -0.25) is 9.59 Å². The van der Waals surface area contributed by atoms with Crippen LogP contribution in [-0.4, -0.2) is 17.9 Å². The summed E-state index contributed by atoms with van der Waals surface area (Å²) < 4.78 is 0. The highest BCUT2D eigenvalue weighted by Crippen LogP contribution is 2.32. The SMILES string of the molecule is CC(NC(=O)c1ccccc1NC(=O)c1cccs1)C1CC1. The van der Waals surface area contributed by atoms with E-state index in [1.807, 2.05) is 24.4 Å². The van der Waals surface area contributed by atoms with E-state index in [0.29, 0.717) is 22.0 Å². The number of carbonyl (C=O) groups is 2. The number of para-hydroxylation sites is 1. The zero-order valence-electron chi connectivity index (χ0n) is 12.3. The maximum absolute atomic E-state index is 12.4. The lowest BCUT2D eigenvalue weighted by molar-refractivity contribution is 0.0936. The summed E-state index contributed by atoms with van der Waals surface area (Å²) in [6.07, 6.45) is 2.36. The van der Waals surface area contributed by atoms with Crippen molar-refractivity contribution in [3.63, 3.8) is 0 Å². The number of amides is 2. The fraction of sp³-hybridized carbons (Fsp3) is 0.294. The standard InChI is InChI=1S/C17H18N2O2S/c1-11(12-8-9-12)18-16(20)13-5-2-3-6-14(13)19-17(21)15-7-4-10-22-15/h2-7,10-12H,8-9H2,1H3,(H,18,20)(H,19,21). The molecule has 1 aliphatic rings. The van der Waals surface area contributed by atoms with Crippen LogP contribution in [0.25, 0.3) is 0 Å². The van der Waals surface area contributed by atoms with Gasteiger partial charge in [0.15, 0.2) is 0 Å². The van der Waals surface area contributed by atoms with Crippen molar-refractivity contribution in [2.24, 2.45) is 5.92 Å². The predicted molar refractivity (Wildman–Crippen MR) is 88.4 cm³/mol. The van der Waals surface area contributed by atoms with Gasteiger partial charge in [-0.1, -0.05) is 18.2 Å². The molecular formula is C17H18N2O2S. The molecule has 0 aliphatic heterocycles. The fourth-order valence-corrected chi connectivity index (χ4v) is 3.00. The molecule has 2 N–H and O–H groups in total. The van der Waals surface area contributed by atoms with E-state index >= 15 is 0 Å². The first kappa shape index (κ1) is 14.8. The van der Waals surface area contributed by atoms with E-state index in [2.05, 4.69) is 10.6 Å². The number of nitrogens with one attached hydrogen (secondary N) is 2. The summed E-state index contributed by atoms with van der Waals surface area (Å²) in [4.78, 5) is 25.2. The van der Waals surface area contributed by atoms with Crippen LogP contribution >= 0.6 is 11.3 Å². The molecule has 0 saturated heterocycles. The minimum Gasteiger partial charge on any atom is -0.349 e. The highest BCUT2D eigenvalue weighted by Gasteiger charge is 2.29. The number of carbonyl (C=O) groups excluding carboxylic acids is 2. The topological polar surface area (TPSA) is 58.2 Å². The van der Waals surface area contributed by atoms with Crippen LogP contribution in [0.2, 0.25) is 0 Å². The molecule has 3 rings (SSSR count). The number of hydrogen-bond acceptors (Lipinski definition) is 3. The normalized spacial score (nSPS) is 15.1. The third-order valence-electron chi connectivity index (χ3n) is 3.85. The van der Waals surface area contributed by atoms with E-state index in [9.17, 15) is 9.59 Å². The van der Waals surface area contributed by atoms with Crippen LogP contribution in [0.15, 0.2) is 41.8 Å². The highest BCUT2D eigenvalue weighted by molar-refractivity contribution is 7.12. The molecule has 1 fully saturated rings. The van der Waals surface area contributed by atoms with Crippen LogP contribution < -0.4 is 10.6 Å². The molecule has 1 atom stereocenters. The molecule has 0 radical (unpaired) electrons. The van der Waals surface area contributed by atoms with Gasteiger partial charge in [0.2, 0.25) is 0 Å². The molecule has 114 valence electrons. The minimum atomic E-state index is -0.189. The lowest BCUT2D eigenvalue weighted by Crippen LogP contribution is -2.34. The van der Waals surface area contributed by atoms with Crippen molar-refractivity contribution < 1.29 is 9.59 Å². The van der Waals surface area contributed by atoms with E-state index in [4.69, 9.17) is 0 Å². The van der Waals surface area contributed by atoms with Gasteiger partial charge < -0.3 is 10.6 Å². The van der Waals surface area contributed by atoms with Gasteiger partial charge in [-0.25, -0.2) is 0 Å². The Morgan fingerprint density at radius 3 is 2.59 bits per heavy atom. The number of thiophene rings is 1. The third kappa shape index (κ3) is 3.36. The van der Waals surface area contributed by atoms with E-state index < -0.39 is 0 Å². The second-order valence-corrected chi connectivity index (χ2v) is 6.52. The van der Waals surface area contributed by atoms with Crippen LogP contribution in [0.1, 0.15) is 39.8 Å². The van der Waals surface area contributed by atoms with Gasteiger partial charge in [0.25, 0.3) is 11.8 Å². The molecule has 1 unspecified atom stereocenters. The Balaban J connectivity index is 1.74. The molecule has 0 spiro atoms. The molecule has 1 saturated carbocycles. The van der Waals surface area contributed by atoms with Crippen molar-refractivity contribution in [2.75, 3.05) is 5.32 Å². The fourth-order valence-electron chi connectivity index (χ4n) is 2.38. The maximum atomic E-state index is 12.4. The van der Waals surface area contributed by atoms with Gasteiger partial charge in [-0.2, -0.15) is 0 Å². The summed E-state index contributed by atoms with van der Waals surface area (Å²) >= 11 is 1.37. The van der Waals surface area contributed by atoms with E-state index in [-0.39, 0.29) is 17.9 Å². The quantitative estimate of drug-likeness (QED) is 0.887. The van der Waals surface area contributed by atoms with E-state index in [1.165, 1.54) is 24.2 Å². The van der Waals surface area contributed by atoms with Gasteiger partial charge >= 0.3 is 0 Å². The zero-order valence-corrected chi connectivity index (χ0v) is 13.2. The van der Waals surface area contributed by atoms with Gasteiger partial charge in [-0.05, 0) is 49.3 Å². The van der Waals surface area contributed by atoms with Gasteiger partial charge in [0, 0.05) is 6.04 Å². The van der Waals surface area contributed by atoms with Crippen LogP contribution in [0, 0.1) is 5.92 Å². The van der Waals surface area contributed by atoms with Gasteiger partial charge in [0.05, 0.1) is 16.1 Å². The zero-order chi connectivity index (χ0) is 15.5. The lowest BCUT2D eigenvalue weighted by atomic mass is 10.1. The molecule has 1 aliphatic carbocycles. The van der Waals surface area contributed by atoms with Crippen molar-refractivity contribution in [3.05, 3.63) is 52.2 Å². The Labute approximate surface area is 133 Å². The maximum Gasteiger partial charge on any atom is 0.265 e. The van der Waals surface area contributed by atoms with Crippen molar-refractivity contribution in [1.29, 1.82) is 0 Å². The molecule has 2 aromatic rings. The molecule has 1 heterocycles. The Hall–Kier alpha value is -2.14. The first-order valence-electron chi connectivity index (χ1n) is 7.40. The predicted octanol–water partition coefficient (Wildman–Crippen LogP) is 3.53. The third-order valence-corrected chi connectivity index (χ3v) is 4.72. The second kappa shape index (κ2) is 6.32. The van der Waals surface area contributed by atoms with E-state index in [1.54, 1.807) is 24.3 Å². The van der Waals surface area contributed by atoms with Gasteiger partial charge in [0.1, 0.15) is 0 Å². The summed E-state index contributed by atoms with van der Waals surface area (Å²) in [7, 11) is 0. The number of anilines is 1. The monoisotopic (exact) mass is 314 g/mol. The molecule has 0 bridgehead atoms. The minimum absolute atomic E-state index is 0.138. The molecule has 2 amide bonds. The molecule has 1 aromatic heterocycles. The molecule has 1 aromatic carbocycles. The average molecular weight is 314 g/mol. The molecule has 4 nitrogen and oxygen atoms in total. The first-order valence-corrected chi connectivity index (χ1v) is 8.28. The summed E-state index contributed by atoms with van der Waals surface area (Å²) in [5.41, 5.74) is 1.04. The van der Waals surface area contributed by atoms with E-state index in [0.717, 1.165) is 0 Å². The largest absolute Gasteiger partial charge is 0.349 e. The Morgan fingerprint density at radius 1 is 1.14 bits per heavy atom. The summed E-state index contributed by atoms with van der Waals surface area (Å²) in [5, 5.41) is 7.69. The number of benzene rings is 1. The molecule has 5 heteroatoms. The average Bonchev–Trinajstić information content (AvgIpc) is 3.22. The van der Waals surface area contributed by atoms with Crippen LogP contribution in [0.3, 0.4) is 0 Å². The Morgan fingerprint density at radius 2 is 1.91 bits per heavy atom. The number of rotatable bonds is 5. The summed E-state index contributed by atoms with van der Waals surface area (Å²) in [6.45, 7) is 2.03. The molecular weight excluding hydrogens is 296 g/mol. The Kier molecular flexibility index (Phi) is 4.24. The van der Waals surface area contributed by atoms with Gasteiger partial charge in [-0.15, -0.1) is 11.3 Å². The van der Waals surface area contributed by atoms with Crippen LogP contribution in [0.4, 0.5) is 5.69 Å². The van der Waals surface area contributed by atoms with Crippen LogP contribution in [0.5, 0.6) is 0 Å². The van der Waals surface area contributed by atoms with Crippen molar-refractivity contribution in [1.82, 2.24) is 5.32 Å².